The van der Waals surface area contributed by atoms with E-state index in [1.807, 2.05) is 31.2 Å². The van der Waals surface area contributed by atoms with E-state index in [9.17, 15) is 0 Å². The molecule has 5 heterocycles. The number of aryl methyl sites for hydroxylation is 2. The van der Waals surface area contributed by atoms with Gasteiger partial charge in [-0.2, -0.15) is 0 Å². The van der Waals surface area contributed by atoms with Crippen LogP contribution in [0.25, 0.3) is 139 Å². The standard InChI is InChI=1S/C41H28N4.C32H26N2/c1-27-24-40(43-41(42-27)29-14-6-3-7-15-29)45-38-22-20-30(28-12-4-2-5-13-28)25-34(38)35-26-31(21-23-39(35)45)44-36-18-10-8-16-32(36)33-17-9-11-19-37(33)44;1-4-11-25-26-14-9-10-15-32(26)34(29(25)5-2)24-17-19-31-28(21-24)27-20-23(16-18-30(27)33(31)3)22-12-7-6-8-13-22/h2-26H,1H3;4-21H,2H2,1,3H3/b;11-4-. The zero-order valence-electron chi connectivity index (χ0n) is 44.2. The van der Waals surface area contributed by atoms with Crippen molar-refractivity contribution in [3.63, 3.8) is 0 Å². The van der Waals surface area contributed by atoms with Crippen LogP contribution in [0.15, 0.2) is 255 Å². The maximum absolute atomic E-state index is 5.13. The molecule has 0 bridgehead atoms. The topological polar surface area (TPSA) is 45.5 Å². The summed E-state index contributed by atoms with van der Waals surface area (Å²) in [5.41, 5.74) is 19.7. The van der Waals surface area contributed by atoms with Crippen molar-refractivity contribution in [2.45, 2.75) is 13.8 Å². The highest BCUT2D eigenvalue weighted by molar-refractivity contribution is 6.13. The molecule has 10 aromatic carbocycles. The second-order valence-corrected chi connectivity index (χ2v) is 20.3. The van der Waals surface area contributed by atoms with E-state index in [0.717, 1.165) is 51.0 Å². The van der Waals surface area contributed by atoms with Crippen LogP contribution in [0.2, 0.25) is 0 Å². The lowest BCUT2D eigenvalue weighted by Crippen LogP contribution is -2.02. The fourth-order valence-electron chi connectivity index (χ4n) is 12.1. The van der Waals surface area contributed by atoms with Crippen LogP contribution >= 0.6 is 0 Å². The molecule has 15 rings (SSSR count). The van der Waals surface area contributed by atoms with E-state index in [-0.39, 0.29) is 0 Å². The van der Waals surface area contributed by atoms with E-state index in [4.69, 9.17) is 9.97 Å². The summed E-state index contributed by atoms with van der Waals surface area (Å²) in [6.07, 6.45) is 6.24. The lowest BCUT2D eigenvalue weighted by atomic mass is 10.0. The van der Waals surface area contributed by atoms with Gasteiger partial charge in [-0.05, 0) is 121 Å². The Balaban J connectivity index is 0.000000149. The Labute approximate surface area is 458 Å². The predicted molar refractivity (Wildman–Crippen MR) is 334 cm³/mol. The number of hydrogen-bond acceptors (Lipinski definition) is 2. The van der Waals surface area contributed by atoms with Gasteiger partial charge in [0, 0.05) is 90.0 Å². The molecule has 79 heavy (non-hydrogen) atoms. The Kier molecular flexibility index (Phi) is 11.6. The number of benzene rings is 10. The van der Waals surface area contributed by atoms with Crippen molar-refractivity contribution in [1.29, 1.82) is 0 Å². The van der Waals surface area contributed by atoms with E-state index in [1.54, 1.807) is 0 Å². The molecule has 5 aromatic heterocycles. The third-order valence-electron chi connectivity index (χ3n) is 15.6. The van der Waals surface area contributed by atoms with Gasteiger partial charge in [0.05, 0.1) is 33.3 Å². The molecule has 0 saturated heterocycles. The van der Waals surface area contributed by atoms with Crippen molar-refractivity contribution < 1.29 is 0 Å². The summed E-state index contributed by atoms with van der Waals surface area (Å²) in [6, 6.07) is 86.6. The molecule has 0 aliphatic heterocycles. The number of para-hydroxylation sites is 3. The molecule has 15 aromatic rings. The van der Waals surface area contributed by atoms with E-state index < -0.39 is 0 Å². The minimum absolute atomic E-state index is 0.725. The summed E-state index contributed by atoms with van der Waals surface area (Å²) in [6.45, 7) is 8.26. The van der Waals surface area contributed by atoms with E-state index in [0.29, 0.717) is 0 Å². The summed E-state index contributed by atoms with van der Waals surface area (Å²) in [5.74, 6) is 1.59. The first-order valence-corrected chi connectivity index (χ1v) is 26.9. The highest BCUT2D eigenvalue weighted by Crippen LogP contribution is 2.40. The van der Waals surface area contributed by atoms with Crippen LogP contribution in [-0.4, -0.2) is 28.2 Å². The molecule has 6 heteroatoms. The summed E-state index contributed by atoms with van der Waals surface area (Å²) >= 11 is 0. The van der Waals surface area contributed by atoms with Crippen LogP contribution in [0.4, 0.5) is 0 Å². The van der Waals surface area contributed by atoms with Gasteiger partial charge in [-0.3, -0.25) is 4.57 Å². The molecule has 6 nitrogen and oxygen atoms in total. The molecule has 0 spiro atoms. The zero-order chi connectivity index (χ0) is 53.1. The normalized spacial score (nSPS) is 11.7. The van der Waals surface area contributed by atoms with Gasteiger partial charge in [-0.1, -0.05) is 176 Å². The maximum Gasteiger partial charge on any atom is 0.161 e. The molecule has 0 N–H and O–H groups in total. The zero-order valence-corrected chi connectivity index (χ0v) is 44.2. The van der Waals surface area contributed by atoms with Crippen molar-refractivity contribution in [2.75, 3.05) is 0 Å². The molecule has 0 amide bonds. The van der Waals surface area contributed by atoms with Crippen LogP contribution in [-0.2, 0) is 7.05 Å². The summed E-state index contributed by atoms with van der Waals surface area (Å²) in [4.78, 5) is 9.93. The Morgan fingerprint density at radius 3 is 1.37 bits per heavy atom. The Hall–Kier alpha value is -10.3. The molecular weight excluding hydrogens is 961 g/mol. The first kappa shape index (κ1) is 47.2. The van der Waals surface area contributed by atoms with Crippen LogP contribution in [0.1, 0.15) is 23.9 Å². The van der Waals surface area contributed by atoms with Crippen molar-refractivity contribution in [3.8, 4) is 50.8 Å². The minimum atomic E-state index is 0.725. The third-order valence-corrected chi connectivity index (χ3v) is 15.6. The van der Waals surface area contributed by atoms with Gasteiger partial charge >= 0.3 is 0 Å². The minimum Gasteiger partial charge on any atom is -0.344 e. The Bertz CT molecular complexity index is 4820. The lowest BCUT2D eigenvalue weighted by Gasteiger charge is -2.11. The number of fused-ring (bicyclic) bond motifs is 10. The molecule has 0 atom stereocenters. The molecule has 376 valence electrons. The third kappa shape index (κ3) is 7.95. The molecule has 0 aliphatic rings. The van der Waals surface area contributed by atoms with Crippen LogP contribution in [0.3, 0.4) is 0 Å². The number of hydrogen-bond donors (Lipinski definition) is 0. The van der Waals surface area contributed by atoms with Gasteiger partial charge < -0.3 is 13.7 Å². The van der Waals surface area contributed by atoms with Crippen LogP contribution in [0.5, 0.6) is 0 Å². The molecule has 0 unspecified atom stereocenters. The van der Waals surface area contributed by atoms with Gasteiger partial charge in [-0.15, -0.1) is 0 Å². The molecule has 0 fully saturated rings. The number of rotatable bonds is 8. The van der Waals surface area contributed by atoms with Crippen molar-refractivity contribution in [3.05, 3.63) is 272 Å². The average molecular weight is 1020 g/mol. The Morgan fingerprint density at radius 1 is 0.367 bits per heavy atom. The summed E-state index contributed by atoms with van der Waals surface area (Å²) < 4.78 is 9.29. The average Bonchev–Trinajstić information content (AvgIpc) is 4.42. The van der Waals surface area contributed by atoms with Gasteiger partial charge in [0.1, 0.15) is 5.82 Å². The maximum atomic E-state index is 5.13. The lowest BCUT2D eigenvalue weighted by molar-refractivity contribution is 1.01. The number of aromatic nitrogens is 6. The second-order valence-electron chi connectivity index (χ2n) is 20.3. The second kappa shape index (κ2) is 19.4. The van der Waals surface area contributed by atoms with Gasteiger partial charge in [0.25, 0.3) is 0 Å². The summed E-state index contributed by atoms with van der Waals surface area (Å²) in [5, 5.41) is 8.64. The molecule has 0 aliphatic carbocycles. The van der Waals surface area contributed by atoms with Crippen molar-refractivity contribution >= 4 is 88.5 Å². The number of allylic oxidation sites excluding steroid dienone is 1. The van der Waals surface area contributed by atoms with Gasteiger partial charge in [-0.25, -0.2) is 9.97 Å². The number of nitrogens with zero attached hydrogens (tertiary/aromatic N) is 6. The SMILES string of the molecule is C=Cc1c(/C=C\C)c2ccccc2n1-c1ccc2c(c1)c1cc(-c3ccccc3)ccc1n2C.Cc1cc(-n2c3ccc(-c4ccccc4)cc3c3cc(-n4c5ccccc5c5ccccc54)ccc32)nc(-c2ccccc2)n1. The monoisotopic (exact) mass is 1010 g/mol. The van der Waals surface area contributed by atoms with E-state index in [1.165, 1.54) is 93.1 Å². The first-order valence-electron chi connectivity index (χ1n) is 26.9. The first-order chi connectivity index (χ1) is 38.9. The highest BCUT2D eigenvalue weighted by atomic mass is 15.1. The smallest absolute Gasteiger partial charge is 0.161 e. The quantitative estimate of drug-likeness (QED) is 0.152. The van der Waals surface area contributed by atoms with Crippen molar-refractivity contribution in [1.82, 2.24) is 28.2 Å². The summed E-state index contributed by atoms with van der Waals surface area (Å²) in [7, 11) is 2.15. The van der Waals surface area contributed by atoms with Gasteiger partial charge in [0.2, 0.25) is 0 Å². The largest absolute Gasteiger partial charge is 0.344 e. The molecule has 0 radical (unpaired) electrons. The fraction of sp³-hybridized carbons (Fsp3) is 0.0411. The van der Waals surface area contributed by atoms with Crippen LogP contribution < -0.4 is 0 Å². The predicted octanol–water partition coefficient (Wildman–Crippen LogP) is 18.9. The van der Waals surface area contributed by atoms with Crippen molar-refractivity contribution in [2.24, 2.45) is 7.05 Å². The van der Waals surface area contributed by atoms with Crippen LogP contribution in [0, 0.1) is 6.92 Å². The highest BCUT2D eigenvalue weighted by Gasteiger charge is 2.20. The van der Waals surface area contributed by atoms with E-state index >= 15 is 0 Å². The molecular formula is C73H54N6. The van der Waals surface area contributed by atoms with E-state index in [2.05, 4.69) is 275 Å². The Morgan fingerprint density at radius 2 is 0.797 bits per heavy atom. The van der Waals surface area contributed by atoms with Gasteiger partial charge in [0.15, 0.2) is 5.82 Å². The molecule has 0 saturated carbocycles. The fourth-order valence-corrected chi connectivity index (χ4v) is 12.1.